The van der Waals surface area contributed by atoms with E-state index in [1.165, 1.54) is 0 Å². The number of rotatable bonds is 9. The monoisotopic (exact) mass is 893 g/mol. The zero-order valence-corrected chi connectivity index (χ0v) is 38.1. The van der Waals surface area contributed by atoms with E-state index in [4.69, 9.17) is 15.0 Å². The zero-order chi connectivity index (χ0) is 46.4. The summed E-state index contributed by atoms with van der Waals surface area (Å²) in [5.74, 6) is 1.52. The van der Waals surface area contributed by atoms with Crippen LogP contribution in [0.25, 0.3) is 123 Å². The summed E-state index contributed by atoms with van der Waals surface area (Å²) in [5.41, 5.74) is 21.2. The molecule has 0 aliphatic heterocycles. The predicted octanol–water partition coefficient (Wildman–Crippen LogP) is 16.6. The molecule has 0 radical (unpaired) electrons. The SMILES string of the molecule is c1ccc(-c2cc(-c3ccccc3)c(-n3c4ccc(-c5ccc(-c6nc(-c7ccccc7)cc(-c7ccccc7)n6)cc5)cc4n4c5cc(-c6ccccc6)ccc5nc34)c(-c3ccccc3)c2)cc1. The molecule has 0 aliphatic rings. The van der Waals surface area contributed by atoms with Crippen molar-refractivity contribution < 1.29 is 0 Å². The van der Waals surface area contributed by atoms with Gasteiger partial charge in [-0.15, -0.1) is 0 Å². The molecular formula is C65H43N5. The van der Waals surface area contributed by atoms with Gasteiger partial charge in [0.05, 0.1) is 39.1 Å². The van der Waals surface area contributed by atoms with Crippen LogP contribution in [-0.4, -0.2) is 23.9 Å². The third kappa shape index (κ3) is 7.34. The average molecular weight is 894 g/mol. The zero-order valence-electron chi connectivity index (χ0n) is 38.1. The Morgan fingerprint density at radius 3 is 1.17 bits per heavy atom. The summed E-state index contributed by atoms with van der Waals surface area (Å²) in [6.07, 6.45) is 0. The molecule has 0 saturated heterocycles. The lowest BCUT2D eigenvalue weighted by atomic mass is 9.90. The van der Waals surface area contributed by atoms with E-state index in [0.29, 0.717) is 5.82 Å². The molecule has 70 heavy (non-hydrogen) atoms. The Bertz CT molecular complexity index is 3880. The highest BCUT2D eigenvalue weighted by molar-refractivity contribution is 6.00. The molecule has 0 unspecified atom stereocenters. The van der Waals surface area contributed by atoms with Crippen molar-refractivity contribution in [2.45, 2.75) is 0 Å². The molecule has 0 N–H and O–H groups in total. The van der Waals surface area contributed by atoms with Gasteiger partial charge >= 0.3 is 0 Å². The molecule has 0 spiro atoms. The second-order valence-corrected chi connectivity index (χ2v) is 17.6. The molecule has 3 aromatic heterocycles. The van der Waals surface area contributed by atoms with E-state index >= 15 is 0 Å². The normalized spacial score (nSPS) is 11.4. The third-order valence-electron chi connectivity index (χ3n) is 13.4. The van der Waals surface area contributed by atoms with Gasteiger partial charge in [0.25, 0.3) is 0 Å². The number of fused-ring (bicyclic) bond motifs is 5. The predicted molar refractivity (Wildman–Crippen MR) is 289 cm³/mol. The van der Waals surface area contributed by atoms with Crippen LogP contribution in [0.3, 0.4) is 0 Å². The Balaban J connectivity index is 1.03. The molecule has 0 amide bonds. The number of hydrogen-bond donors (Lipinski definition) is 0. The first-order valence-corrected chi connectivity index (χ1v) is 23.7. The summed E-state index contributed by atoms with van der Waals surface area (Å²) in [7, 11) is 0. The van der Waals surface area contributed by atoms with E-state index in [0.717, 1.165) is 117 Å². The number of nitrogens with zero attached hydrogens (tertiary/aromatic N) is 5. The molecule has 0 aliphatic carbocycles. The smallest absolute Gasteiger partial charge is 0.220 e. The second-order valence-electron chi connectivity index (χ2n) is 17.6. The first-order chi connectivity index (χ1) is 34.7. The summed E-state index contributed by atoms with van der Waals surface area (Å²) < 4.78 is 4.75. The quantitative estimate of drug-likeness (QED) is 0.145. The van der Waals surface area contributed by atoms with Gasteiger partial charge in [-0.05, 0) is 87.0 Å². The van der Waals surface area contributed by atoms with Crippen LogP contribution in [-0.2, 0) is 0 Å². The van der Waals surface area contributed by atoms with E-state index in [2.05, 4.69) is 233 Å². The van der Waals surface area contributed by atoms with Gasteiger partial charge in [0, 0.05) is 27.8 Å². The molecule has 5 heteroatoms. The minimum atomic E-state index is 0.682. The Kier molecular flexibility index (Phi) is 10.1. The van der Waals surface area contributed by atoms with Crippen LogP contribution >= 0.6 is 0 Å². The Labute approximate surface area is 406 Å². The fourth-order valence-corrected chi connectivity index (χ4v) is 9.91. The molecule has 0 fully saturated rings. The Morgan fingerprint density at radius 1 is 0.257 bits per heavy atom. The summed E-state index contributed by atoms with van der Waals surface area (Å²) in [5, 5.41) is 0. The molecule has 13 rings (SSSR count). The fourth-order valence-electron chi connectivity index (χ4n) is 9.91. The van der Waals surface area contributed by atoms with E-state index < -0.39 is 0 Å². The Morgan fingerprint density at radius 2 is 0.657 bits per heavy atom. The van der Waals surface area contributed by atoms with Gasteiger partial charge in [-0.1, -0.05) is 218 Å². The number of hydrogen-bond acceptors (Lipinski definition) is 3. The second kappa shape index (κ2) is 17.3. The lowest BCUT2D eigenvalue weighted by molar-refractivity contribution is 1.11. The van der Waals surface area contributed by atoms with Crippen molar-refractivity contribution in [3.05, 3.63) is 261 Å². The van der Waals surface area contributed by atoms with Crippen LogP contribution in [0.4, 0.5) is 0 Å². The topological polar surface area (TPSA) is 48.0 Å². The van der Waals surface area contributed by atoms with Crippen LogP contribution in [0.15, 0.2) is 261 Å². The highest BCUT2D eigenvalue weighted by atomic mass is 15.2. The number of aromatic nitrogens is 5. The van der Waals surface area contributed by atoms with Crippen LogP contribution in [0.2, 0.25) is 0 Å². The molecule has 13 aromatic rings. The Hall–Kier alpha value is -9.45. The van der Waals surface area contributed by atoms with Crippen LogP contribution in [0, 0.1) is 0 Å². The average Bonchev–Trinajstić information content (AvgIpc) is 3.98. The van der Waals surface area contributed by atoms with Crippen molar-refractivity contribution in [1.82, 2.24) is 23.9 Å². The standard InChI is InChI=1S/C65H43N5/c1-7-19-44(20-8-1)52-35-37-57-61(41-52)69-62-42-53(46-31-33-51(34-32-46)64-66-58(49-27-15-5-16-28-49)43-59(67-64)50-29-17-6-18-30-50)36-38-60(62)70(65(69)68-57)63-55(47-23-11-3-12-24-47)39-54(45-21-9-2-10-22-45)40-56(63)48-25-13-4-14-26-48/h1-43H. The van der Waals surface area contributed by atoms with Gasteiger partial charge in [0.15, 0.2) is 5.82 Å². The van der Waals surface area contributed by atoms with Crippen LogP contribution in [0.1, 0.15) is 0 Å². The van der Waals surface area contributed by atoms with Crippen molar-refractivity contribution in [1.29, 1.82) is 0 Å². The minimum Gasteiger partial charge on any atom is -0.277 e. The molecule has 0 saturated carbocycles. The molecule has 5 nitrogen and oxygen atoms in total. The molecule has 10 aromatic carbocycles. The van der Waals surface area contributed by atoms with Gasteiger partial charge in [-0.3, -0.25) is 8.97 Å². The summed E-state index contributed by atoms with van der Waals surface area (Å²) in [4.78, 5) is 15.8. The van der Waals surface area contributed by atoms with Crippen molar-refractivity contribution in [2.24, 2.45) is 0 Å². The van der Waals surface area contributed by atoms with Crippen molar-refractivity contribution >= 4 is 27.8 Å². The van der Waals surface area contributed by atoms with Crippen molar-refractivity contribution in [3.63, 3.8) is 0 Å². The molecule has 328 valence electrons. The van der Waals surface area contributed by atoms with Gasteiger partial charge < -0.3 is 0 Å². The van der Waals surface area contributed by atoms with E-state index in [1.807, 2.05) is 36.4 Å². The first-order valence-electron chi connectivity index (χ1n) is 23.7. The summed E-state index contributed by atoms with van der Waals surface area (Å²) in [6, 6.07) is 92.4. The van der Waals surface area contributed by atoms with Gasteiger partial charge in [0.2, 0.25) is 5.78 Å². The molecular weight excluding hydrogens is 851 g/mol. The summed E-state index contributed by atoms with van der Waals surface area (Å²) in [6.45, 7) is 0. The van der Waals surface area contributed by atoms with E-state index in [9.17, 15) is 0 Å². The number of benzene rings is 10. The molecule has 0 bridgehead atoms. The molecule has 0 atom stereocenters. The van der Waals surface area contributed by atoms with E-state index in [1.54, 1.807) is 0 Å². The van der Waals surface area contributed by atoms with Crippen molar-refractivity contribution in [2.75, 3.05) is 0 Å². The van der Waals surface area contributed by atoms with Gasteiger partial charge in [-0.2, -0.15) is 0 Å². The maximum atomic E-state index is 5.53. The maximum Gasteiger partial charge on any atom is 0.220 e. The van der Waals surface area contributed by atoms with Crippen molar-refractivity contribution in [3.8, 4) is 95.2 Å². The fraction of sp³-hybridized carbons (Fsp3) is 0. The molecule has 3 heterocycles. The van der Waals surface area contributed by atoms with Gasteiger partial charge in [-0.25, -0.2) is 15.0 Å². The van der Waals surface area contributed by atoms with Crippen LogP contribution in [0.5, 0.6) is 0 Å². The maximum absolute atomic E-state index is 5.53. The first kappa shape index (κ1) is 40.8. The van der Waals surface area contributed by atoms with Gasteiger partial charge in [0.1, 0.15) is 0 Å². The van der Waals surface area contributed by atoms with E-state index in [-0.39, 0.29) is 0 Å². The lowest BCUT2D eigenvalue weighted by Gasteiger charge is -2.20. The van der Waals surface area contributed by atoms with Crippen LogP contribution < -0.4 is 0 Å². The highest BCUT2D eigenvalue weighted by Gasteiger charge is 2.25. The summed E-state index contributed by atoms with van der Waals surface area (Å²) >= 11 is 0. The largest absolute Gasteiger partial charge is 0.277 e. The third-order valence-corrected chi connectivity index (χ3v) is 13.4. The lowest BCUT2D eigenvalue weighted by Crippen LogP contribution is -2.02. The highest BCUT2D eigenvalue weighted by Crippen LogP contribution is 2.44. The number of imidazole rings is 2. The minimum absolute atomic E-state index is 0.682.